The molecule has 0 spiro atoms. The zero-order valence-electron chi connectivity index (χ0n) is 17.7. The number of sulfonamides is 1. The quantitative estimate of drug-likeness (QED) is 0.667. The third kappa shape index (κ3) is 5.37. The van der Waals surface area contributed by atoms with E-state index in [0.717, 1.165) is 9.87 Å². The first-order valence-corrected chi connectivity index (χ1v) is 13.0. The third-order valence-electron chi connectivity index (χ3n) is 5.16. The molecule has 8 nitrogen and oxygen atoms in total. The van der Waals surface area contributed by atoms with Crippen molar-refractivity contribution < 1.29 is 26.4 Å². The molecule has 1 heterocycles. The minimum atomic E-state index is -4.06. The van der Waals surface area contributed by atoms with E-state index in [0.29, 0.717) is 23.4 Å². The number of anilines is 1. The average Bonchev–Trinajstić information content (AvgIpc) is 3.06. The molecule has 168 valence electrons. The number of amides is 1. The number of rotatable bonds is 7. The van der Waals surface area contributed by atoms with Gasteiger partial charge >= 0.3 is 0 Å². The zero-order chi connectivity index (χ0) is 22.8. The topological polar surface area (TPSA) is 110 Å². The van der Waals surface area contributed by atoms with Gasteiger partial charge in [0.05, 0.1) is 29.2 Å². The number of carbonyl (C=O) groups is 1. The number of hydrogen-bond acceptors (Lipinski definition) is 6. The molecular formula is C21H26N2O6S2. The van der Waals surface area contributed by atoms with Crippen molar-refractivity contribution in [1.29, 1.82) is 0 Å². The van der Waals surface area contributed by atoms with Crippen LogP contribution in [0.5, 0.6) is 5.75 Å². The summed E-state index contributed by atoms with van der Waals surface area (Å²) in [4.78, 5) is 12.8. The number of ether oxygens (including phenoxy) is 1. The van der Waals surface area contributed by atoms with Crippen LogP contribution in [0.2, 0.25) is 0 Å². The number of benzene rings is 2. The molecule has 31 heavy (non-hydrogen) atoms. The van der Waals surface area contributed by atoms with Crippen LogP contribution in [0, 0.1) is 13.8 Å². The Morgan fingerprint density at radius 3 is 2.42 bits per heavy atom. The van der Waals surface area contributed by atoms with Gasteiger partial charge in [-0.25, -0.2) is 16.8 Å². The normalized spacial score (nSPS) is 17.8. The molecule has 2 aromatic carbocycles. The average molecular weight is 467 g/mol. The second kappa shape index (κ2) is 8.88. The molecule has 3 rings (SSSR count). The first-order chi connectivity index (χ1) is 14.5. The molecule has 2 aromatic rings. The standard InChI is InChI=1S/C21H26N2O6S2/c1-15-4-5-16(2)20(12-15)31(27,28)23(18-6-8-19(29-3)9-7-18)13-21(24)22-17-10-11-30(25,26)14-17/h4-9,12,17H,10-11,13-14H2,1-3H3,(H,22,24)/t17-/m0/s1. The molecule has 0 aliphatic carbocycles. The van der Waals surface area contributed by atoms with Gasteiger partial charge in [-0.1, -0.05) is 12.1 Å². The summed E-state index contributed by atoms with van der Waals surface area (Å²) in [6.45, 7) is 3.02. The second-order valence-corrected chi connectivity index (χ2v) is 11.7. The first-order valence-electron chi connectivity index (χ1n) is 9.76. The molecule has 1 saturated heterocycles. The first kappa shape index (κ1) is 23.1. The van der Waals surface area contributed by atoms with Crippen LogP contribution in [0.3, 0.4) is 0 Å². The lowest BCUT2D eigenvalue weighted by Crippen LogP contribution is -2.44. The Bertz CT molecular complexity index is 1170. The molecule has 1 fully saturated rings. The fourth-order valence-electron chi connectivity index (χ4n) is 3.48. The fraction of sp³-hybridized carbons (Fsp3) is 0.381. The maximum Gasteiger partial charge on any atom is 0.265 e. The molecule has 1 atom stereocenters. The Hall–Kier alpha value is -2.59. The monoisotopic (exact) mass is 466 g/mol. The van der Waals surface area contributed by atoms with E-state index >= 15 is 0 Å². The van der Waals surface area contributed by atoms with Crippen LogP contribution in [-0.4, -0.2) is 53.9 Å². The summed E-state index contributed by atoms with van der Waals surface area (Å²) in [7, 11) is -5.73. The smallest absolute Gasteiger partial charge is 0.265 e. The maximum atomic E-state index is 13.6. The molecule has 0 bridgehead atoms. The molecule has 1 aliphatic heterocycles. The Balaban J connectivity index is 1.94. The lowest BCUT2D eigenvalue weighted by molar-refractivity contribution is -0.120. The minimum Gasteiger partial charge on any atom is -0.497 e. The van der Waals surface area contributed by atoms with Crippen molar-refractivity contribution in [2.24, 2.45) is 0 Å². The van der Waals surface area contributed by atoms with Gasteiger partial charge in [-0.15, -0.1) is 0 Å². The molecule has 10 heteroatoms. The van der Waals surface area contributed by atoms with Crippen molar-refractivity contribution in [2.45, 2.75) is 31.2 Å². The fourth-order valence-corrected chi connectivity index (χ4v) is 6.89. The number of nitrogens with one attached hydrogen (secondary N) is 1. The largest absolute Gasteiger partial charge is 0.497 e. The molecule has 1 N–H and O–H groups in total. The molecule has 1 amide bonds. The molecular weight excluding hydrogens is 440 g/mol. The summed E-state index contributed by atoms with van der Waals surface area (Å²) < 4.78 is 56.6. The predicted molar refractivity (Wildman–Crippen MR) is 119 cm³/mol. The predicted octanol–water partition coefficient (Wildman–Crippen LogP) is 1.81. The van der Waals surface area contributed by atoms with Crippen molar-refractivity contribution in [3.63, 3.8) is 0 Å². The summed E-state index contributed by atoms with van der Waals surface area (Å²) in [6.07, 6.45) is 0.320. The van der Waals surface area contributed by atoms with E-state index in [1.165, 1.54) is 7.11 Å². The van der Waals surface area contributed by atoms with Crippen molar-refractivity contribution in [2.75, 3.05) is 29.5 Å². The summed E-state index contributed by atoms with van der Waals surface area (Å²) in [5, 5.41) is 2.66. The van der Waals surface area contributed by atoms with E-state index in [2.05, 4.69) is 5.32 Å². The molecule has 1 aliphatic rings. The van der Waals surface area contributed by atoms with Crippen molar-refractivity contribution >= 4 is 31.5 Å². The highest BCUT2D eigenvalue weighted by Crippen LogP contribution is 2.28. The van der Waals surface area contributed by atoms with E-state index in [1.54, 1.807) is 50.2 Å². The number of methoxy groups -OCH3 is 1. The van der Waals surface area contributed by atoms with Crippen molar-refractivity contribution in [3.8, 4) is 5.75 Å². The van der Waals surface area contributed by atoms with Crippen LogP contribution in [0.25, 0.3) is 0 Å². The molecule has 0 saturated carbocycles. The molecule has 0 aromatic heterocycles. The van der Waals surface area contributed by atoms with Crippen LogP contribution >= 0.6 is 0 Å². The van der Waals surface area contributed by atoms with Gasteiger partial charge in [-0.05, 0) is 61.7 Å². The summed E-state index contributed by atoms with van der Waals surface area (Å²) in [5.41, 5.74) is 1.64. The molecule has 0 unspecified atom stereocenters. The zero-order valence-corrected chi connectivity index (χ0v) is 19.3. The highest BCUT2D eigenvalue weighted by molar-refractivity contribution is 7.93. The Morgan fingerprint density at radius 1 is 1.16 bits per heavy atom. The summed E-state index contributed by atoms with van der Waals surface area (Å²) >= 11 is 0. The highest BCUT2D eigenvalue weighted by Gasteiger charge is 2.32. The second-order valence-electron chi connectivity index (χ2n) is 7.65. The number of aryl methyl sites for hydroxylation is 2. The van der Waals surface area contributed by atoms with E-state index in [-0.39, 0.29) is 16.4 Å². The Morgan fingerprint density at radius 2 is 1.84 bits per heavy atom. The lowest BCUT2D eigenvalue weighted by Gasteiger charge is -2.26. The number of nitrogens with zero attached hydrogens (tertiary/aromatic N) is 1. The lowest BCUT2D eigenvalue weighted by atomic mass is 10.2. The number of hydrogen-bond donors (Lipinski definition) is 1. The summed E-state index contributed by atoms with van der Waals surface area (Å²) in [6, 6.07) is 11.0. The molecule has 0 radical (unpaired) electrons. The van der Waals surface area contributed by atoms with E-state index in [1.807, 2.05) is 6.07 Å². The van der Waals surface area contributed by atoms with Gasteiger partial charge in [-0.3, -0.25) is 9.10 Å². The van der Waals surface area contributed by atoms with Gasteiger partial charge in [0.1, 0.15) is 12.3 Å². The van der Waals surface area contributed by atoms with Crippen molar-refractivity contribution in [1.82, 2.24) is 5.32 Å². The van der Waals surface area contributed by atoms with E-state index in [4.69, 9.17) is 4.74 Å². The number of sulfone groups is 1. The van der Waals surface area contributed by atoms with Gasteiger partial charge in [0, 0.05) is 6.04 Å². The van der Waals surface area contributed by atoms with Crippen LogP contribution in [0.4, 0.5) is 5.69 Å². The van der Waals surface area contributed by atoms with Crippen LogP contribution in [0.1, 0.15) is 17.5 Å². The highest BCUT2D eigenvalue weighted by atomic mass is 32.2. The van der Waals surface area contributed by atoms with Gasteiger partial charge in [0.15, 0.2) is 9.84 Å². The third-order valence-corrected chi connectivity index (χ3v) is 8.84. The minimum absolute atomic E-state index is 0.0148. The Labute approximate surface area is 183 Å². The summed E-state index contributed by atoms with van der Waals surface area (Å²) in [5.74, 6) is -0.133. The van der Waals surface area contributed by atoms with E-state index in [9.17, 15) is 21.6 Å². The Kier molecular flexibility index (Phi) is 6.61. The van der Waals surface area contributed by atoms with Gasteiger partial charge in [-0.2, -0.15) is 0 Å². The van der Waals surface area contributed by atoms with Crippen LogP contribution < -0.4 is 14.4 Å². The van der Waals surface area contributed by atoms with Crippen LogP contribution in [-0.2, 0) is 24.7 Å². The maximum absolute atomic E-state index is 13.6. The van der Waals surface area contributed by atoms with Gasteiger partial charge < -0.3 is 10.1 Å². The van der Waals surface area contributed by atoms with Gasteiger partial charge in [0.25, 0.3) is 10.0 Å². The number of carbonyl (C=O) groups excluding carboxylic acids is 1. The van der Waals surface area contributed by atoms with E-state index < -0.39 is 38.4 Å². The van der Waals surface area contributed by atoms with Gasteiger partial charge in [0.2, 0.25) is 5.91 Å². The van der Waals surface area contributed by atoms with Crippen LogP contribution in [0.15, 0.2) is 47.4 Å². The van der Waals surface area contributed by atoms with Crippen molar-refractivity contribution in [3.05, 3.63) is 53.6 Å². The SMILES string of the molecule is COc1ccc(N(CC(=O)N[C@H]2CCS(=O)(=O)C2)S(=O)(=O)c2cc(C)ccc2C)cc1.